The van der Waals surface area contributed by atoms with Gasteiger partial charge in [0.2, 0.25) is 0 Å². The van der Waals surface area contributed by atoms with Crippen LogP contribution in [0.3, 0.4) is 0 Å². The third kappa shape index (κ3) is 6.76. The Morgan fingerprint density at radius 2 is 1.17 bits per heavy atom. The number of ether oxygens (including phenoxy) is 2. The van der Waals surface area contributed by atoms with Crippen LogP contribution >= 0.6 is 0 Å². The Hall–Kier alpha value is -3.04. The summed E-state index contributed by atoms with van der Waals surface area (Å²) in [6.07, 6.45) is -6.64. The van der Waals surface area contributed by atoms with E-state index >= 15 is 0 Å². The molecule has 2 saturated heterocycles. The van der Waals surface area contributed by atoms with Crippen molar-refractivity contribution in [2.24, 2.45) is 5.92 Å². The lowest BCUT2D eigenvalue weighted by Gasteiger charge is -2.28. The Bertz CT molecular complexity index is 1010. The first-order valence-electron chi connectivity index (χ1n) is 11.1. The van der Waals surface area contributed by atoms with Crippen LogP contribution in [0.2, 0.25) is 0 Å². The van der Waals surface area contributed by atoms with Gasteiger partial charge in [-0.1, -0.05) is 31.2 Å². The number of hydrogen-bond donors (Lipinski definition) is 0. The fourth-order valence-corrected chi connectivity index (χ4v) is 4.09. The van der Waals surface area contributed by atoms with Crippen molar-refractivity contribution in [2.45, 2.75) is 50.4 Å². The lowest BCUT2D eigenvalue weighted by Crippen LogP contribution is -2.29. The molecule has 2 aromatic rings. The van der Waals surface area contributed by atoms with E-state index < -0.39 is 29.4 Å². The lowest BCUT2D eigenvalue weighted by atomic mass is 9.83. The molecule has 2 fully saturated rings. The summed E-state index contributed by atoms with van der Waals surface area (Å²) < 4.78 is 84.1. The van der Waals surface area contributed by atoms with Crippen LogP contribution in [0.5, 0.6) is 0 Å². The predicted octanol–water partition coefficient (Wildman–Crippen LogP) is 6.50. The molecule has 2 aromatic carbocycles. The van der Waals surface area contributed by atoms with Crippen molar-refractivity contribution in [2.75, 3.05) is 13.2 Å². The van der Waals surface area contributed by atoms with Crippen molar-refractivity contribution in [1.82, 2.24) is 0 Å². The molecular weight excluding hydrogens is 478 g/mol. The molecule has 10 heteroatoms. The van der Waals surface area contributed by atoms with Gasteiger partial charge in [-0.05, 0) is 54.7 Å². The number of hydrogen-bond acceptors (Lipinski definition) is 4. The SMILES string of the molecule is CC1C(=O)OCCC1c1ccc(C(F)(F)F)cc1.O=C1OCCCC1c1ccc(C(F)(F)F)cc1. The monoisotopic (exact) mass is 502 g/mol. The van der Waals surface area contributed by atoms with Gasteiger partial charge in [-0.3, -0.25) is 9.59 Å². The number of carbonyl (C=O) groups excluding carboxylic acids is 2. The zero-order valence-electron chi connectivity index (χ0n) is 18.8. The summed E-state index contributed by atoms with van der Waals surface area (Å²) in [6.45, 7) is 2.47. The van der Waals surface area contributed by atoms with E-state index in [1.54, 1.807) is 6.92 Å². The molecule has 2 heterocycles. The summed E-state index contributed by atoms with van der Waals surface area (Å²) in [6, 6.07) is 9.70. The van der Waals surface area contributed by atoms with Gasteiger partial charge in [-0.2, -0.15) is 26.3 Å². The van der Waals surface area contributed by atoms with Crippen LogP contribution in [0.4, 0.5) is 26.3 Å². The van der Waals surface area contributed by atoms with E-state index in [1.165, 1.54) is 24.3 Å². The Labute approximate surface area is 198 Å². The summed E-state index contributed by atoms with van der Waals surface area (Å²) in [7, 11) is 0. The maximum atomic E-state index is 12.4. The number of alkyl halides is 6. The van der Waals surface area contributed by atoms with Crippen molar-refractivity contribution in [3.05, 3.63) is 70.8 Å². The number of carbonyl (C=O) groups is 2. The van der Waals surface area contributed by atoms with Gasteiger partial charge < -0.3 is 9.47 Å². The molecule has 190 valence electrons. The van der Waals surface area contributed by atoms with Gasteiger partial charge in [0.25, 0.3) is 0 Å². The number of esters is 2. The van der Waals surface area contributed by atoms with E-state index in [-0.39, 0.29) is 23.8 Å². The third-order valence-electron chi connectivity index (χ3n) is 6.12. The number of rotatable bonds is 2. The molecule has 0 radical (unpaired) electrons. The number of cyclic esters (lactones) is 2. The molecule has 3 unspecified atom stereocenters. The van der Waals surface area contributed by atoms with Crippen LogP contribution in [-0.4, -0.2) is 25.2 Å². The average molecular weight is 502 g/mol. The van der Waals surface area contributed by atoms with Gasteiger partial charge in [0, 0.05) is 5.92 Å². The molecule has 0 spiro atoms. The summed E-state index contributed by atoms with van der Waals surface area (Å²) in [5, 5.41) is 0. The second-order valence-corrected chi connectivity index (χ2v) is 8.45. The highest BCUT2D eigenvalue weighted by atomic mass is 19.4. The zero-order valence-corrected chi connectivity index (χ0v) is 18.8. The van der Waals surface area contributed by atoms with Crippen molar-refractivity contribution in [3.8, 4) is 0 Å². The minimum absolute atomic E-state index is 0.0615. The number of halogens is 6. The molecule has 4 rings (SSSR count). The van der Waals surface area contributed by atoms with E-state index in [2.05, 4.69) is 0 Å². The first-order valence-corrected chi connectivity index (χ1v) is 11.1. The second kappa shape index (κ2) is 10.7. The first-order chi connectivity index (χ1) is 16.4. The van der Waals surface area contributed by atoms with E-state index in [4.69, 9.17) is 9.47 Å². The highest BCUT2D eigenvalue weighted by Gasteiger charge is 2.34. The standard InChI is InChI=1S/C13H13F3O2.C12H11F3O2/c1-8-11(6-7-18-12(8)17)9-2-4-10(5-3-9)13(14,15)16;13-12(14,15)9-5-3-8(4-6-9)10-2-1-7-17-11(10)16/h2-5,8,11H,6-7H2,1H3;3-6,10H,1-2,7H2. The maximum Gasteiger partial charge on any atom is 0.416 e. The Balaban J connectivity index is 0.000000196. The van der Waals surface area contributed by atoms with Crippen molar-refractivity contribution in [3.63, 3.8) is 0 Å². The highest BCUT2D eigenvalue weighted by Crippen LogP contribution is 2.35. The summed E-state index contributed by atoms with van der Waals surface area (Å²) in [5.41, 5.74) is -0.0300. The van der Waals surface area contributed by atoms with Crippen LogP contribution in [0, 0.1) is 5.92 Å². The molecule has 0 aromatic heterocycles. The van der Waals surface area contributed by atoms with E-state index in [0.29, 0.717) is 31.6 Å². The molecule has 35 heavy (non-hydrogen) atoms. The largest absolute Gasteiger partial charge is 0.465 e. The zero-order chi connectivity index (χ0) is 25.8. The van der Waals surface area contributed by atoms with Gasteiger partial charge >= 0.3 is 24.3 Å². The average Bonchev–Trinajstić information content (AvgIpc) is 2.81. The van der Waals surface area contributed by atoms with Crippen LogP contribution in [-0.2, 0) is 31.4 Å². The van der Waals surface area contributed by atoms with Gasteiger partial charge in [0.15, 0.2) is 0 Å². The van der Waals surface area contributed by atoms with E-state index in [9.17, 15) is 35.9 Å². The van der Waals surface area contributed by atoms with Gasteiger partial charge in [0.1, 0.15) is 0 Å². The first kappa shape index (κ1) is 26.6. The summed E-state index contributed by atoms with van der Waals surface area (Å²) in [5.74, 6) is -1.43. The predicted molar refractivity (Wildman–Crippen MR) is 113 cm³/mol. The minimum Gasteiger partial charge on any atom is -0.465 e. The highest BCUT2D eigenvalue weighted by molar-refractivity contribution is 5.78. The smallest absolute Gasteiger partial charge is 0.416 e. The molecule has 0 aliphatic carbocycles. The molecule has 3 atom stereocenters. The fourth-order valence-electron chi connectivity index (χ4n) is 4.09. The molecule has 4 nitrogen and oxygen atoms in total. The molecule has 0 N–H and O–H groups in total. The van der Waals surface area contributed by atoms with Crippen molar-refractivity contribution >= 4 is 11.9 Å². The van der Waals surface area contributed by atoms with Crippen LogP contribution in [0.1, 0.15) is 60.3 Å². The Morgan fingerprint density at radius 1 is 0.686 bits per heavy atom. The third-order valence-corrected chi connectivity index (χ3v) is 6.12. The molecular formula is C25H24F6O4. The van der Waals surface area contributed by atoms with E-state index in [0.717, 1.165) is 36.2 Å². The Kier molecular flexibility index (Phi) is 8.12. The minimum atomic E-state index is -4.34. The van der Waals surface area contributed by atoms with Crippen LogP contribution in [0.15, 0.2) is 48.5 Å². The second-order valence-electron chi connectivity index (χ2n) is 8.45. The maximum absolute atomic E-state index is 12.4. The Morgan fingerprint density at radius 3 is 1.66 bits per heavy atom. The van der Waals surface area contributed by atoms with E-state index in [1.807, 2.05) is 0 Å². The molecule has 0 amide bonds. The molecule has 0 bridgehead atoms. The van der Waals surface area contributed by atoms with Crippen molar-refractivity contribution in [1.29, 1.82) is 0 Å². The normalized spacial score (nSPS) is 23.0. The van der Waals surface area contributed by atoms with Gasteiger partial charge in [-0.15, -0.1) is 0 Å². The summed E-state index contributed by atoms with van der Waals surface area (Å²) in [4.78, 5) is 22.8. The number of benzene rings is 2. The quantitative estimate of drug-likeness (QED) is 0.348. The lowest BCUT2D eigenvalue weighted by molar-refractivity contribution is -0.153. The fraction of sp³-hybridized carbons (Fsp3) is 0.440. The van der Waals surface area contributed by atoms with Gasteiger partial charge in [0.05, 0.1) is 36.2 Å². The van der Waals surface area contributed by atoms with Crippen LogP contribution < -0.4 is 0 Å². The summed E-state index contributed by atoms with van der Waals surface area (Å²) >= 11 is 0. The van der Waals surface area contributed by atoms with Crippen molar-refractivity contribution < 1.29 is 45.4 Å². The molecule has 2 aliphatic heterocycles. The molecule has 0 saturated carbocycles. The van der Waals surface area contributed by atoms with Gasteiger partial charge in [-0.25, -0.2) is 0 Å². The van der Waals surface area contributed by atoms with Crippen LogP contribution in [0.25, 0.3) is 0 Å². The topological polar surface area (TPSA) is 52.6 Å². The molecule has 2 aliphatic rings.